The van der Waals surface area contributed by atoms with Crippen LogP contribution in [0, 0.1) is 27.1 Å². The Labute approximate surface area is 378 Å². The molecule has 2 aromatic rings. The molecule has 0 saturated heterocycles. The van der Waals surface area contributed by atoms with E-state index in [9.17, 15) is 19.8 Å². The van der Waals surface area contributed by atoms with Gasteiger partial charge in [-0.15, -0.1) is 5.10 Å². The summed E-state index contributed by atoms with van der Waals surface area (Å²) in [6.07, 6.45) is 9.98. The van der Waals surface area contributed by atoms with Crippen molar-refractivity contribution < 1.29 is 34.1 Å². The van der Waals surface area contributed by atoms with E-state index in [1.807, 2.05) is 66.5 Å². The number of aromatic hydroxyl groups is 2. The molecule has 0 spiro atoms. The second-order valence-corrected chi connectivity index (χ2v) is 23.3. The monoisotopic (exact) mass is 882 g/mol. The number of nitrogens with zero attached hydrogens (tertiary/aromatic N) is 5. The lowest BCUT2D eigenvalue weighted by Gasteiger charge is -2.43. The number of carbonyl (C=O) groups excluding carboxylic acids is 3. The Balaban J connectivity index is 1.62. The highest BCUT2D eigenvalue weighted by Crippen LogP contribution is 2.58. The zero-order valence-corrected chi connectivity index (χ0v) is 41.7. The van der Waals surface area contributed by atoms with Crippen LogP contribution >= 0.6 is 0 Å². The molecule has 3 amide bonds. The predicted molar refractivity (Wildman–Crippen MR) is 247 cm³/mol. The molecule has 4 unspecified atom stereocenters. The number of nitrogens with two attached hydrogens (primary N) is 1. The molecule has 14 heteroatoms. The number of nitrogens with one attached hydrogen (secondary N) is 1. The van der Waals surface area contributed by atoms with Crippen molar-refractivity contribution in [1.82, 2.24) is 29.8 Å². The molecule has 0 radical (unpaired) electrons. The summed E-state index contributed by atoms with van der Waals surface area (Å²) in [6.45, 7) is 33.8. The van der Waals surface area contributed by atoms with Crippen molar-refractivity contribution >= 4 is 17.7 Å². The van der Waals surface area contributed by atoms with E-state index in [1.54, 1.807) is 23.1 Å². The highest BCUT2D eigenvalue weighted by Gasteiger charge is 2.47. The molecule has 2 aliphatic rings. The van der Waals surface area contributed by atoms with Crippen LogP contribution in [0.4, 0.5) is 0 Å². The molecule has 2 aromatic heterocycles. The van der Waals surface area contributed by atoms with E-state index in [2.05, 4.69) is 69.3 Å². The standard InChI is InChI=1S/C49H83N7O7/c1-17-48(15,31-62-30-46(11,12)40(50)59)29-55-25-35(52-53-55)24-54(42(61)45(9,10)27-44(7,8)41(60)51-47(13,14)21-22-63-32(3)4)28-43(5,6)26-49(16,18-2)56-38(57)36-33-19-20-34(23-33)37(36)39(56)58/h19-20,25,32-34,57-58H,17-18,21-24,26-31H2,1-16H3,(H2,50,59)(H,51,60). The summed E-state index contributed by atoms with van der Waals surface area (Å²) in [5.41, 5.74) is 3.17. The van der Waals surface area contributed by atoms with Gasteiger partial charge in [-0.25, -0.2) is 0 Å². The number of fused-ring (bicyclic) bond motifs is 5. The van der Waals surface area contributed by atoms with Crippen molar-refractivity contribution in [1.29, 1.82) is 0 Å². The van der Waals surface area contributed by atoms with Gasteiger partial charge in [-0.3, -0.25) is 23.6 Å². The van der Waals surface area contributed by atoms with Crippen LogP contribution in [-0.4, -0.2) is 90.4 Å². The number of hydrogen-bond acceptors (Lipinski definition) is 9. The summed E-state index contributed by atoms with van der Waals surface area (Å²) in [5.74, 6) is -0.213. The van der Waals surface area contributed by atoms with Gasteiger partial charge < -0.3 is 35.6 Å². The summed E-state index contributed by atoms with van der Waals surface area (Å²) in [6, 6.07) is 0. The molecule has 2 bridgehead atoms. The van der Waals surface area contributed by atoms with E-state index in [4.69, 9.17) is 15.2 Å². The van der Waals surface area contributed by atoms with Gasteiger partial charge >= 0.3 is 0 Å². The molecular formula is C49H83N7O7. The molecule has 4 rings (SSSR count). The molecule has 0 saturated carbocycles. The quantitative estimate of drug-likeness (QED) is 0.0712. The lowest BCUT2D eigenvalue weighted by molar-refractivity contribution is -0.146. The number of ether oxygens (including phenoxy) is 2. The highest BCUT2D eigenvalue weighted by atomic mass is 16.5. The van der Waals surface area contributed by atoms with E-state index in [0.29, 0.717) is 51.3 Å². The number of hydrogen-bond donors (Lipinski definition) is 4. The van der Waals surface area contributed by atoms with Gasteiger partial charge in [0.05, 0.1) is 44.0 Å². The molecular weight excluding hydrogens is 799 g/mol. The number of amides is 3. The van der Waals surface area contributed by atoms with Gasteiger partial charge in [0.15, 0.2) is 11.8 Å². The summed E-state index contributed by atoms with van der Waals surface area (Å²) in [5, 5.41) is 35.7. The summed E-state index contributed by atoms with van der Waals surface area (Å²) in [4.78, 5) is 42.8. The summed E-state index contributed by atoms with van der Waals surface area (Å²) < 4.78 is 15.3. The van der Waals surface area contributed by atoms with Crippen LogP contribution in [0.3, 0.4) is 0 Å². The molecule has 2 aliphatic carbocycles. The Morgan fingerprint density at radius 3 is 1.98 bits per heavy atom. The first kappa shape index (κ1) is 51.7. The Morgan fingerprint density at radius 2 is 1.46 bits per heavy atom. The Morgan fingerprint density at radius 1 is 0.873 bits per heavy atom. The third-order valence-electron chi connectivity index (χ3n) is 13.7. The minimum absolute atomic E-state index is 0.0963. The van der Waals surface area contributed by atoms with Gasteiger partial charge in [0.25, 0.3) is 0 Å². The summed E-state index contributed by atoms with van der Waals surface area (Å²) >= 11 is 0. The van der Waals surface area contributed by atoms with Gasteiger partial charge in [0.2, 0.25) is 17.7 Å². The lowest BCUT2D eigenvalue weighted by atomic mass is 9.72. The van der Waals surface area contributed by atoms with Gasteiger partial charge in [-0.05, 0) is 92.4 Å². The molecule has 0 aromatic carbocycles. The van der Waals surface area contributed by atoms with Crippen molar-refractivity contribution in [2.24, 2.45) is 32.8 Å². The first-order valence-electron chi connectivity index (χ1n) is 23.2. The van der Waals surface area contributed by atoms with Gasteiger partial charge in [-0.1, -0.05) is 79.7 Å². The minimum Gasteiger partial charge on any atom is -0.494 e. The topological polar surface area (TPSA) is 187 Å². The van der Waals surface area contributed by atoms with Gasteiger partial charge in [0, 0.05) is 63.4 Å². The van der Waals surface area contributed by atoms with Crippen LogP contribution in [0.2, 0.25) is 0 Å². The highest BCUT2D eigenvalue weighted by molar-refractivity contribution is 5.86. The molecule has 14 nitrogen and oxygen atoms in total. The van der Waals surface area contributed by atoms with Crippen molar-refractivity contribution in [3.8, 4) is 11.8 Å². The number of allylic oxidation sites excluding steroid dienone is 2. The van der Waals surface area contributed by atoms with Crippen molar-refractivity contribution in [2.45, 2.75) is 191 Å². The van der Waals surface area contributed by atoms with Crippen LogP contribution in [0.5, 0.6) is 11.8 Å². The molecule has 356 valence electrons. The molecule has 63 heavy (non-hydrogen) atoms. The van der Waals surface area contributed by atoms with Gasteiger partial charge in [-0.2, -0.15) is 0 Å². The second-order valence-electron chi connectivity index (χ2n) is 23.3. The normalized spacial score (nSPS) is 18.7. The number of carbonyl (C=O) groups is 3. The average molecular weight is 882 g/mol. The Bertz CT molecular complexity index is 1940. The molecule has 0 fully saturated rings. The Kier molecular flexibility index (Phi) is 15.5. The molecule has 2 heterocycles. The lowest BCUT2D eigenvalue weighted by Crippen LogP contribution is -2.52. The van der Waals surface area contributed by atoms with Crippen molar-refractivity contribution in [2.75, 3.05) is 26.4 Å². The van der Waals surface area contributed by atoms with Crippen LogP contribution < -0.4 is 11.1 Å². The maximum absolute atomic E-state index is 15.1. The number of primary amides is 1. The first-order chi connectivity index (χ1) is 28.8. The maximum Gasteiger partial charge on any atom is 0.228 e. The summed E-state index contributed by atoms with van der Waals surface area (Å²) in [7, 11) is 0. The first-order valence-corrected chi connectivity index (χ1v) is 23.2. The number of aromatic nitrogens is 4. The van der Waals surface area contributed by atoms with Crippen LogP contribution in [-0.2, 0) is 42.5 Å². The molecule has 0 aliphatic heterocycles. The predicted octanol–water partition coefficient (Wildman–Crippen LogP) is 8.30. The van der Waals surface area contributed by atoms with E-state index >= 15 is 4.79 Å². The minimum atomic E-state index is -0.966. The van der Waals surface area contributed by atoms with E-state index in [0.717, 1.165) is 24.0 Å². The smallest absolute Gasteiger partial charge is 0.228 e. The van der Waals surface area contributed by atoms with Crippen molar-refractivity contribution in [3.63, 3.8) is 0 Å². The van der Waals surface area contributed by atoms with E-state index in [1.165, 1.54) is 0 Å². The van der Waals surface area contributed by atoms with Crippen LogP contribution in [0.1, 0.15) is 178 Å². The molecule has 5 N–H and O–H groups in total. The van der Waals surface area contributed by atoms with Crippen LogP contribution in [0.25, 0.3) is 0 Å². The number of rotatable bonds is 25. The fraction of sp³-hybridized carbons (Fsp3) is 0.776. The third-order valence-corrected chi connectivity index (χ3v) is 13.7. The average Bonchev–Trinajstić information content (AvgIpc) is 3.94. The fourth-order valence-corrected chi connectivity index (χ4v) is 9.85. The van der Waals surface area contributed by atoms with Gasteiger partial charge in [0.1, 0.15) is 5.69 Å². The van der Waals surface area contributed by atoms with Crippen molar-refractivity contribution in [3.05, 3.63) is 35.2 Å². The Hall–Kier alpha value is -3.91. The zero-order valence-electron chi connectivity index (χ0n) is 41.7. The SMILES string of the molecule is CCC(C)(COCC(C)(C)C(N)=O)Cn1cc(CN(CC(C)(C)CC(C)(CC)n2c(O)c3c(c2O)C2C=CC3C2)C(=O)C(C)(C)CC(C)(C)C(=O)NC(C)(C)CCOC(C)C)nn1. The largest absolute Gasteiger partial charge is 0.494 e. The fourth-order valence-electron chi connectivity index (χ4n) is 9.85. The second kappa shape index (κ2) is 18.9. The van der Waals surface area contributed by atoms with Crippen LogP contribution in [0.15, 0.2) is 18.3 Å². The van der Waals surface area contributed by atoms with E-state index in [-0.39, 0.29) is 66.5 Å². The molecule has 4 atom stereocenters. The zero-order chi connectivity index (χ0) is 47.7. The van der Waals surface area contributed by atoms with E-state index < -0.39 is 38.6 Å². The maximum atomic E-state index is 15.1. The third kappa shape index (κ3) is 12.3.